The lowest BCUT2D eigenvalue weighted by molar-refractivity contribution is 0.0977. The average Bonchev–Trinajstić information content (AvgIpc) is 2.70. The summed E-state index contributed by atoms with van der Waals surface area (Å²) in [6.07, 6.45) is 4.70. The highest BCUT2D eigenvalue weighted by atomic mass is 15.3. The number of piperidine rings is 1. The smallest absolute Gasteiger partial charge is 0.0540 e. The number of rotatable bonds is 4. The second kappa shape index (κ2) is 5.85. The van der Waals surface area contributed by atoms with Gasteiger partial charge in [0.1, 0.15) is 0 Å². The zero-order valence-corrected chi connectivity index (χ0v) is 12.1. The summed E-state index contributed by atoms with van der Waals surface area (Å²) in [7, 11) is 4.09. The molecule has 0 saturated carbocycles. The molecule has 4 nitrogen and oxygen atoms in total. The molecule has 0 spiro atoms. The Balaban J connectivity index is 2.30. The van der Waals surface area contributed by atoms with E-state index in [1.54, 1.807) is 0 Å². The summed E-state index contributed by atoms with van der Waals surface area (Å²) in [6, 6.07) is 0.532. The zero-order valence-electron chi connectivity index (χ0n) is 12.1. The van der Waals surface area contributed by atoms with E-state index in [0.717, 1.165) is 13.1 Å². The van der Waals surface area contributed by atoms with Crippen LogP contribution >= 0.6 is 0 Å². The van der Waals surface area contributed by atoms with Crippen LogP contribution in [0.1, 0.15) is 37.1 Å². The van der Waals surface area contributed by atoms with Gasteiger partial charge in [0.05, 0.1) is 6.20 Å². The van der Waals surface area contributed by atoms with E-state index in [1.165, 1.54) is 30.6 Å². The van der Waals surface area contributed by atoms with Crippen molar-refractivity contribution in [1.82, 2.24) is 20.0 Å². The van der Waals surface area contributed by atoms with Crippen molar-refractivity contribution >= 4 is 0 Å². The van der Waals surface area contributed by atoms with E-state index in [-0.39, 0.29) is 0 Å². The molecule has 0 amide bonds. The minimum absolute atomic E-state index is 0.532. The molecular formula is C14H26N4. The monoisotopic (exact) mass is 250 g/mol. The lowest BCUT2D eigenvalue weighted by Crippen LogP contribution is -2.42. The number of nitrogens with zero attached hydrogens (tertiary/aromatic N) is 3. The fourth-order valence-corrected chi connectivity index (χ4v) is 3.24. The predicted octanol–water partition coefficient (Wildman–Crippen LogP) is 1.72. The Morgan fingerprint density at radius 3 is 2.83 bits per heavy atom. The van der Waals surface area contributed by atoms with Crippen molar-refractivity contribution in [3.05, 3.63) is 17.5 Å². The van der Waals surface area contributed by atoms with Crippen LogP contribution in [0.25, 0.3) is 0 Å². The van der Waals surface area contributed by atoms with Gasteiger partial charge in [-0.2, -0.15) is 5.10 Å². The van der Waals surface area contributed by atoms with Gasteiger partial charge in [-0.25, -0.2) is 0 Å². The van der Waals surface area contributed by atoms with Crippen molar-refractivity contribution in [1.29, 1.82) is 0 Å². The molecule has 4 heteroatoms. The Kier molecular flexibility index (Phi) is 4.40. The third kappa shape index (κ3) is 2.45. The molecule has 1 fully saturated rings. The normalized spacial score (nSPS) is 25.6. The van der Waals surface area contributed by atoms with Crippen LogP contribution in [0.3, 0.4) is 0 Å². The van der Waals surface area contributed by atoms with E-state index in [2.05, 4.69) is 42.4 Å². The molecule has 1 N–H and O–H groups in total. The number of likely N-dealkylation sites (tertiary alicyclic amines) is 1. The van der Waals surface area contributed by atoms with Crippen molar-refractivity contribution in [2.24, 2.45) is 13.0 Å². The standard InChI is InChI=1S/C14H26N4/c1-5-18-8-6-7-12(9-15-3)14(18)13-10-16-17(4)11(13)2/h10,12,14-15H,5-9H2,1-4H3. The maximum absolute atomic E-state index is 4.42. The van der Waals surface area contributed by atoms with Crippen LogP contribution in [0.5, 0.6) is 0 Å². The van der Waals surface area contributed by atoms with E-state index >= 15 is 0 Å². The fourth-order valence-electron chi connectivity index (χ4n) is 3.24. The molecule has 2 unspecified atom stereocenters. The largest absolute Gasteiger partial charge is 0.319 e. The molecule has 2 rings (SSSR count). The predicted molar refractivity (Wildman–Crippen MR) is 74.6 cm³/mol. The Bertz CT molecular complexity index is 383. The molecule has 2 heterocycles. The molecule has 0 radical (unpaired) electrons. The van der Waals surface area contributed by atoms with E-state index in [0.29, 0.717) is 12.0 Å². The quantitative estimate of drug-likeness (QED) is 0.883. The summed E-state index contributed by atoms with van der Waals surface area (Å²) < 4.78 is 1.99. The molecular weight excluding hydrogens is 224 g/mol. The first-order valence-corrected chi connectivity index (χ1v) is 7.06. The highest BCUT2D eigenvalue weighted by Gasteiger charge is 2.33. The van der Waals surface area contributed by atoms with Crippen molar-refractivity contribution < 1.29 is 0 Å². The van der Waals surface area contributed by atoms with Crippen LogP contribution in [0.15, 0.2) is 6.20 Å². The molecule has 102 valence electrons. The Morgan fingerprint density at radius 1 is 1.50 bits per heavy atom. The third-order valence-electron chi connectivity index (χ3n) is 4.32. The summed E-state index contributed by atoms with van der Waals surface area (Å²) in [6.45, 7) is 7.88. The SMILES string of the molecule is CCN1CCCC(CNC)C1c1cnn(C)c1C. The lowest BCUT2D eigenvalue weighted by atomic mass is 9.84. The van der Waals surface area contributed by atoms with Crippen LogP contribution in [-0.2, 0) is 7.05 Å². The molecule has 18 heavy (non-hydrogen) atoms. The molecule has 0 aliphatic carbocycles. The summed E-state index contributed by atoms with van der Waals surface area (Å²) in [5, 5.41) is 7.78. The van der Waals surface area contributed by atoms with Gasteiger partial charge in [0.25, 0.3) is 0 Å². The maximum Gasteiger partial charge on any atom is 0.0540 e. The lowest BCUT2D eigenvalue weighted by Gasteiger charge is -2.41. The van der Waals surface area contributed by atoms with E-state index in [1.807, 2.05) is 11.7 Å². The van der Waals surface area contributed by atoms with E-state index in [4.69, 9.17) is 0 Å². The van der Waals surface area contributed by atoms with Crippen LogP contribution < -0.4 is 5.32 Å². The molecule has 1 aromatic rings. The molecule has 1 aliphatic rings. The minimum Gasteiger partial charge on any atom is -0.319 e. The van der Waals surface area contributed by atoms with Gasteiger partial charge in [-0.15, -0.1) is 0 Å². The summed E-state index contributed by atoms with van der Waals surface area (Å²) in [5.41, 5.74) is 2.72. The zero-order chi connectivity index (χ0) is 13.1. The van der Waals surface area contributed by atoms with Crippen LogP contribution in [0.2, 0.25) is 0 Å². The second-order valence-corrected chi connectivity index (χ2v) is 5.34. The molecule has 2 atom stereocenters. The second-order valence-electron chi connectivity index (χ2n) is 5.34. The van der Waals surface area contributed by atoms with Gasteiger partial charge in [0.15, 0.2) is 0 Å². The van der Waals surface area contributed by atoms with E-state index in [9.17, 15) is 0 Å². The molecule has 0 aromatic carbocycles. The topological polar surface area (TPSA) is 33.1 Å². The Hall–Kier alpha value is -0.870. The van der Waals surface area contributed by atoms with Gasteiger partial charge in [-0.3, -0.25) is 9.58 Å². The highest BCUT2D eigenvalue weighted by Crippen LogP contribution is 2.36. The van der Waals surface area contributed by atoms with E-state index < -0.39 is 0 Å². The number of aryl methyl sites for hydroxylation is 1. The van der Waals surface area contributed by atoms with Crippen LogP contribution in [0, 0.1) is 12.8 Å². The van der Waals surface area contributed by atoms with Gasteiger partial charge in [0, 0.05) is 24.3 Å². The van der Waals surface area contributed by atoms with Crippen molar-refractivity contribution in [2.75, 3.05) is 26.7 Å². The number of hydrogen-bond donors (Lipinski definition) is 1. The van der Waals surface area contributed by atoms with Crippen LogP contribution in [-0.4, -0.2) is 41.4 Å². The first-order valence-electron chi connectivity index (χ1n) is 7.06. The van der Waals surface area contributed by atoms with Crippen molar-refractivity contribution in [2.45, 2.75) is 32.7 Å². The first-order chi connectivity index (χ1) is 8.69. The van der Waals surface area contributed by atoms with Gasteiger partial charge in [-0.1, -0.05) is 6.92 Å². The number of aromatic nitrogens is 2. The highest BCUT2D eigenvalue weighted by molar-refractivity contribution is 5.22. The van der Waals surface area contributed by atoms with Crippen LogP contribution in [0.4, 0.5) is 0 Å². The summed E-state index contributed by atoms with van der Waals surface area (Å²) in [5.74, 6) is 0.701. The average molecular weight is 250 g/mol. The summed E-state index contributed by atoms with van der Waals surface area (Å²) in [4.78, 5) is 2.61. The molecule has 0 bridgehead atoms. The number of hydrogen-bond acceptors (Lipinski definition) is 3. The summed E-state index contributed by atoms with van der Waals surface area (Å²) >= 11 is 0. The Labute approximate surface area is 110 Å². The molecule has 1 aliphatic heterocycles. The first kappa shape index (κ1) is 13.6. The Morgan fingerprint density at radius 2 is 2.28 bits per heavy atom. The van der Waals surface area contributed by atoms with Gasteiger partial charge < -0.3 is 5.32 Å². The van der Waals surface area contributed by atoms with Crippen molar-refractivity contribution in [3.63, 3.8) is 0 Å². The van der Waals surface area contributed by atoms with Crippen molar-refractivity contribution in [3.8, 4) is 0 Å². The fraction of sp³-hybridized carbons (Fsp3) is 0.786. The maximum atomic E-state index is 4.42. The molecule has 1 saturated heterocycles. The van der Waals surface area contributed by atoms with Gasteiger partial charge in [-0.05, 0) is 52.4 Å². The minimum atomic E-state index is 0.532. The van der Waals surface area contributed by atoms with Gasteiger partial charge in [0.2, 0.25) is 0 Å². The van der Waals surface area contributed by atoms with Gasteiger partial charge >= 0.3 is 0 Å². The molecule has 1 aromatic heterocycles. The third-order valence-corrected chi connectivity index (χ3v) is 4.32. The number of nitrogens with one attached hydrogen (secondary N) is 1.